The number of ether oxygens (including phenoxy) is 2. The maximum atomic E-state index is 5.44. The first-order valence-corrected chi connectivity index (χ1v) is 3.92. The fourth-order valence-corrected chi connectivity index (χ4v) is 1.14. The van der Waals surface area contributed by atoms with E-state index in [0.717, 1.165) is 5.69 Å². The Morgan fingerprint density at radius 1 is 1.33 bits per heavy atom. The minimum absolute atomic E-state index is 0.0348. The molecule has 0 saturated carbocycles. The molecule has 1 unspecified atom stereocenters. The van der Waals surface area contributed by atoms with Gasteiger partial charge in [-0.1, -0.05) is 0 Å². The van der Waals surface area contributed by atoms with E-state index in [1.54, 1.807) is 18.6 Å². The molecule has 0 N–H and O–H groups in total. The van der Waals surface area contributed by atoms with Crippen molar-refractivity contribution in [3.63, 3.8) is 0 Å². The molecule has 12 heavy (non-hydrogen) atoms. The Balaban J connectivity index is 2.08. The van der Waals surface area contributed by atoms with E-state index >= 15 is 0 Å². The zero-order valence-electron chi connectivity index (χ0n) is 6.64. The number of aromatic nitrogens is 2. The SMILES string of the molecule is c1cnc(C2COCCO2)cn1. The Morgan fingerprint density at radius 3 is 3.00 bits per heavy atom. The third kappa shape index (κ3) is 1.60. The average molecular weight is 166 g/mol. The molecule has 1 fully saturated rings. The summed E-state index contributed by atoms with van der Waals surface area (Å²) in [5.41, 5.74) is 0.845. The third-order valence-electron chi connectivity index (χ3n) is 1.73. The van der Waals surface area contributed by atoms with E-state index in [1.165, 1.54) is 0 Å². The first kappa shape index (κ1) is 7.64. The van der Waals surface area contributed by atoms with Gasteiger partial charge in [-0.2, -0.15) is 0 Å². The van der Waals surface area contributed by atoms with Gasteiger partial charge in [0.05, 0.1) is 31.7 Å². The Bertz CT molecular complexity index is 234. The molecule has 4 heteroatoms. The van der Waals surface area contributed by atoms with Crippen LogP contribution in [0.4, 0.5) is 0 Å². The molecule has 0 bridgehead atoms. The number of rotatable bonds is 1. The van der Waals surface area contributed by atoms with Gasteiger partial charge in [-0.15, -0.1) is 0 Å². The highest BCUT2D eigenvalue weighted by molar-refractivity contribution is 5.00. The monoisotopic (exact) mass is 166 g/mol. The van der Waals surface area contributed by atoms with Gasteiger partial charge in [0, 0.05) is 12.4 Å². The lowest BCUT2D eigenvalue weighted by molar-refractivity contribution is -0.0919. The molecular formula is C8H10N2O2. The second kappa shape index (κ2) is 3.60. The fraction of sp³-hybridized carbons (Fsp3) is 0.500. The molecule has 0 spiro atoms. The second-order valence-electron chi connectivity index (χ2n) is 2.56. The lowest BCUT2D eigenvalue weighted by atomic mass is 10.2. The zero-order valence-corrected chi connectivity index (χ0v) is 6.64. The summed E-state index contributed by atoms with van der Waals surface area (Å²) in [5, 5.41) is 0. The van der Waals surface area contributed by atoms with Gasteiger partial charge in [-0.3, -0.25) is 9.97 Å². The Hall–Kier alpha value is -1.00. The van der Waals surface area contributed by atoms with Crippen molar-refractivity contribution in [2.75, 3.05) is 19.8 Å². The van der Waals surface area contributed by atoms with E-state index in [4.69, 9.17) is 9.47 Å². The quantitative estimate of drug-likeness (QED) is 0.611. The van der Waals surface area contributed by atoms with Crippen LogP contribution in [0.1, 0.15) is 11.8 Å². The van der Waals surface area contributed by atoms with Gasteiger partial charge in [-0.05, 0) is 0 Å². The second-order valence-corrected chi connectivity index (χ2v) is 2.56. The van der Waals surface area contributed by atoms with E-state index in [-0.39, 0.29) is 6.10 Å². The van der Waals surface area contributed by atoms with Crippen LogP contribution in [0.2, 0.25) is 0 Å². The smallest absolute Gasteiger partial charge is 0.124 e. The highest BCUT2D eigenvalue weighted by Gasteiger charge is 2.17. The lowest BCUT2D eigenvalue weighted by Crippen LogP contribution is -2.22. The Kier molecular flexibility index (Phi) is 2.29. The maximum Gasteiger partial charge on any atom is 0.124 e. The molecule has 1 aliphatic rings. The van der Waals surface area contributed by atoms with Crippen LogP contribution in [-0.2, 0) is 9.47 Å². The number of hydrogen-bond donors (Lipinski definition) is 0. The summed E-state index contributed by atoms with van der Waals surface area (Å²) in [6.07, 6.45) is 4.98. The van der Waals surface area contributed by atoms with Gasteiger partial charge < -0.3 is 9.47 Å². The van der Waals surface area contributed by atoms with Crippen molar-refractivity contribution in [3.8, 4) is 0 Å². The van der Waals surface area contributed by atoms with Crippen LogP contribution in [0.25, 0.3) is 0 Å². The van der Waals surface area contributed by atoms with Crippen LogP contribution in [0.5, 0.6) is 0 Å². The number of hydrogen-bond acceptors (Lipinski definition) is 4. The molecule has 4 nitrogen and oxygen atoms in total. The summed E-state index contributed by atoms with van der Waals surface area (Å²) in [4.78, 5) is 8.10. The minimum Gasteiger partial charge on any atom is -0.376 e. The highest BCUT2D eigenvalue weighted by Crippen LogP contribution is 2.16. The van der Waals surface area contributed by atoms with E-state index in [2.05, 4.69) is 9.97 Å². The summed E-state index contributed by atoms with van der Waals surface area (Å²) in [5.74, 6) is 0. The first-order chi connectivity index (χ1) is 5.97. The van der Waals surface area contributed by atoms with Crippen LogP contribution < -0.4 is 0 Å². The van der Waals surface area contributed by atoms with Crippen LogP contribution in [0, 0.1) is 0 Å². The molecule has 0 aromatic carbocycles. The highest BCUT2D eigenvalue weighted by atomic mass is 16.6. The largest absolute Gasteiger partial charge is 0.376 e. The van der Waals surface area contributed by atoms with E-state index < -0.39 is 0 Å². The molecule has 2 rings (SSSR count). The van der Waals surface area contributed by atoms with Gasteiger partial charge in [-0.25, -0.2) is 0 Å². The molecule has 0 amide bonds. The Morgan fingerprint density at radius 2 is 2.33 bits per heavy atom. The van der Waals surface area contributed by atoms with Gasteiger partial charge in [0.1, 0.15) is 6.10 Å². The molecule has 0 aliphatic carbocycles. The van der Waals surface area contributed by atoms with Gasteiger partial charge in [0.15, 0.2) is 0 Å². The molecule has 1 saturated heterocycles. The molecule has 64 valence electrons. The van der Waals surface area contributed by atoms with E-state index in [0.29, 0.717) is 19.8 Å². The molecule has 1 aromatic rings. The van der Waals surface area contributed by atoms with Crippen molar-refractivity contribution in [2.45, 2.75) is 6.10 Å². The summed E-state index contributed by atoms with van der Waals surface area (Å²) < 4.78 is 10.7. The van der Waals surface area contributed by atoms with Crippen LogP contribution in [0.15, 0.2) is 18.6 Å². The molecule has 1 aromatic heterocycles. The molecule has 0 radical (unpaired) electrons. The van der Waals surface area contributed by atoms with Crippen molar-refractivity contribution in [3.05, 3.63) is 24.3 Å². The predicted octanol–water partition coefficient (Wildman–Crippen LogP) is 0.565. The van der Waals surface area contributed by atoms with Crippen molar-refractivity contribution in [2.24, 2.45) is 0 Å². The summed E-state index contributed by atoms with van der Waals surface area (Å²) in [6, 6.07) is 0. The normalized spacial score (nSPS) is 23.8. The minimum atomic E-state index is -0.0348. The molecule has 1 aliphatic heterocycles. The third-order valence-corrected chi connectivity index (χ3v) is 1.73. The van der Waals surface area contributed by atoms with Crippen LogP contribution >= 0.6 is 0 Å². The van der Waals surface area contributed by atoms with E-state index in [1.807, 2.05) is 0 Å². The zero-order chi connectivity index (χ0) is 8.23. The van der Waals surface area contributed by atoms with Crippen molar-refractivity contribution >= 4 is 0 Å². The van der Waals surface area contributed by atoms with Gasteiger partial charge >= 0.3 is 0 Å². The molecular weight excluding hydrogens is 156 g/mol. The van der Waals surface area contributed by atoms with Crippen LogP contribution in [-0.4, -0.2) is 29.8 Å². The van der Waals surface area contributed by atoms with Crippen molar-refractivity contribution in [1.82, 2.24) is 9.97 Å². The molecule has 2 heterocycles. The summed E-state index contributed by atoms with van der Waals surface area (Å²) in [7, 11) is 0. The molecule has 1 atom stereocenters. The topological polar surface area (TPSA) is 44.2 Å². The van der Waals surface area contributed by atoms with E-state index in [9.17, 15) is 0 Å². The average Bonchev–Trinajstić information content (AvgIpc) is 2.21. The van der Waals surface area contributed by atoms with Crippen molar-refractivity contribution in [1.29, 1.82) is 0 Å². The number of nitrogens with zero attached hydrogens (tertiary/aromatic N) is 2. The first-order valence-electron chi connectivity index (χ1n) is 3.92. The lowest BCUT2D eigenvalue weighted by Gasteiger charge is -2.21. The maximum absolute atomic E-state index is 5.44. The van der Waals surface area contributed by atoms with Gasteiger partial charge in [0.25, 0.3) is 0 Å². The van der Waals surface area contributed by atoms with Gasteiger partial charge in [0.2, 0.25) is 0 Å². The summed E-state index contributed by atoms with van der Waals surface area (Å²) in [6.45, 7) is 1.90. The standard InChI is InChI=1S/C8H10N2O2/c1-2-10-7(5-9-1)8-6-11-3-4-12-8/h1-2,5,8H,3-4,6H2. The predicted molar refractivity (Wildman–Crippen MR) is 41.5 cm³/mol. The fourth-order valence-electron chi connectivity index (χ4n) is 1.14. The van der Waals surface area contributed by atoms with Crippen molar-refractivity contribution < 1.29 is 9.47 Å². The summed E-state index contributed by atoms with van der Waals surface area (Å²) >= 11 is 0. The Labute approximate surface area is 70.6 Å². The van der Waals surface area contributed by atoms with Crippen LogP contribution in [0.3, 0.4) is 0 Å².